The van der Waals surface area contributed by atoms with E-state index in [1.165, 1.54) is 32.1 Å². The van der Waals surface area contributed by atoms with E-state index in [0.29, 0.717) is 11.0 Å². The molecular weight excluding hydrogens is 232 g/mol. The lowest BCUT2D eigenvalue weighted by atomic mass is 9.95. The summed E-state index contributed by atoms with van der Waals surface area (Å²) in [4.78, 5) is 12.5. The third-order valence-corrected chi connectivity index (χ3v) is 4.49. The Morgan fingerprint density at radius 3 is 2.12 bits per heavy atom. The van der Waals surface area contributed by atoms with Gasteiger partial charge in [-0.15, -0.1) is 0 Å². The van der Waals surface area contributed by atoms with E-state index in [1.54, 1.807) is 0 Å². The Morgan fingerprint density at radius 1 is 1.12 bits per heavy atom. The average Bonchev–Trinajstić information content (AvgIpc) is 3.02. The van der Waals surface area contributed by atoms with E-state index >= 15 is 0 Å². The number of hydrogen-bond donors (Lipinski definition) is 2. The van der Waals surface area contributed by atoms with E-state index in [0.717, 1.165) is 25.7 Å². The molecule has 0 heterocycles. The summed E-state index contributed by atoms with van der Waals surface area (Å²) in [5, 5.41) is 3.16. The quantitative estimate of drug-likeness (QED) is 0.760. The molecule has 0 spiro atoms. The lowest BCUT2D eigenvalue weighted by Crippen LogP contribution is -2.44. The summed E-state index contributed by atoms with van der Waals surface area (Å²) in [7, 11) is 0. The molecular formula is C13H22N2OS. The van der Waals surface area contributed by atoms with E-state index in [1.807, 2.05) is 0 Å². The van der Waals surface area contributed by atoms with Crippen LogP contribution in [0.4, 0.5) is 0 Å². The third-order valence-electron chi connectivity index (χ3n) is 4.10. The normalized spacial score (nSPS) is 24.5. The van der Waals surface area contributed by atoms with Gasteiger partial charge >= 0.3 is 0 Å². The largest absolute Gasteiger partial charge is 0.392 e. The lowest BCUT2D eigenvalue weighted by Gasteiger charge is -2.23. The van der Waals surface area contributed by atoms with E-state index in [2.05, 4.69) is 5.32 Å². The Kier molecular flexibility index (Phi) is 4.02. The van der Waals surface area contributed by atoms with Crippen molar-refractivity contribution in [3.05, 3.63) is 0 Å². The van der Waals surface area contributed by atoms with Gasteiger partial charge in [0.15, 0.2) is 0 Å². The van der Waals surface area contributed by atoms with Crippen LogP contribution in [0.1, 0.15) is 57.8 Å². The highest BCUT2D eigenvalue weighted by atomic mass is 32.1. The first-order valence-electron chi connectivity index (χ1n) is 6.76. The highest BCUT2D eigenvalue weighted by Crippen LogP contribution is 2.46. The predicted octanol–water partition coefficient (Wildman–Crippen LogP) is 2.28. The van der Waals surface area contributed by atoms with E-state index in [4.69, 9.17) is 18.0 Å². The molecule has 0 aromatic carbocycles. The van der Waals surface area contributed by atoms with Crippen molar-refractivity contribution in [2.24, 2.45) is 11.1 Å². The second-order valence-electron chi connectivity index (χ2n) is 5.46. The summed E-state index contributed by atoms with van der Waals surface area (Å²) >= 11 is 5.00. The molecule has 0 aliphatic heterocycles. The Bertz CT molecular complexity index is 305. The molecule has 3 nitrogen and oxygen atoms in total. The number of carbonyl (C=O) groups excluding carboxylic acids is 1. The molecule has 0 aromatic rings. The highest BCUT2D eigenvalue weighted by Gasteiger charge is 2.52. The van der Waals surface area contributed by atoms with E-state index < -0.39 is 5.41 Å². The zero-order valence-electron chi connectivity index (χ0n) is 10.3. The molecule has 2 aliphatic carbocycles. The zero-order chi connectivity index (χ0) is 12.3. The summed E-state index contributed by atoms with van der Waals surface area (Å²) in [6, 6.07) is 0.342. The smallest absolute Gasteiger partial charge is 0.233 e. The van der Waals surface area contributed by atoms with Gasteiger partial charge in [0.25, 0.3) is 0 Å². The summed E-state index contributed by atoms with van der Waals surface area (Å²) in [5.74, 6) is 0.0792. The SMILES string of the molecule is NC(=S)C1(C(=O)NC2CCCCCCC2)CC1. The van der Waals surface area contributed by atoms with Crippen LogP contribution in [0.2, 0.25) is 0 Å². The number of nitrogens with one attached hydrogen (secondary N) is 1. The molecule has 2 aliphatic rings. The van der Waals surface area contributed by atoms with Crippen LogP contribution in [0.25, 0.3) is 0 Å². The fraction of sp³-hybridized carbons (Fsp3) is 0.846. The molecule has 2 rings (SSSR count). The molecule has 2 fully saturated rings. The van der Waals surface area contributed by atoms with Gasteiger partial charge in [-0.3, -0.25) is 4.79 Å². The molecule has 0 radical (unpaired) electrons. The summed E-state index contributed by atoms with van der Waals surface area (Å²) in [5.41, 5.74) is 5.18. The lowest BCUT2D eigenvalue weighted by molar-refractivity contribution is -0.124. The van der Waals surface area contributed by atoms with Gasteiger partial charge in [0, 0.05) is 6.04 Å². The number of carbonyl (C=O) groups is 1. The van der Waals surface area contributed by atoms with Crippen molar-refractivity contribution < 1.29 is 4.79 Å². The fourth-order valence-electron chi connectivity index (χ4n) is 2.63. The van der Waals surface area contributed by atoms with Crippen LogP contribution in [0.3, 0.4) is 0 Å². The Morgan fingerprint density at radius 2 is 1.65 bits per heavy atom. The van der Waals surface area contributed by atoms with Crippen molar-refractivity contribution in [1.29, 1.82) is 0 Å². The number of thiocarbonyl (C=S) groups is 1. The van der Waals surface area contributed by atoms with Gasteiger partial charge in [-0.1, -0.05) is 44.3 Å². The van der Waals surface area contributed by atoms with Crippen LogP contribution in [0, 0.1) is 5.41 Å². The third kappa shape index (κ3) is 2.97. The average molecular weight is 254 g/mol. The molecule has 17 heavy (non-hydrogen) atoms. The van der Waals surface area contributed by atoms with Gasteiger partial charge in [0.05, 0.1) is 10.4 Å². The summed E-state index contributed by atoms with van der Waals surface area (Å²) < 4.78 is 0. The van der Waals surface area contributed by atoms with Crippen molar-refractivity contribution in [2.75, 3.05) is 0 Å². The van der Waals surface area contributed by atoms with Crippen LogP contribution in [0.15, 0.2) is 0 Å². The first-order chi connectivity index (χ1) is 8.15. The van der Waals surface area contributed by atoms with Crippen molar-refractivity contribution in [1.82, 2.24) is 5.32 Å². The molecule has 0 saturated heterocycles. The van der Waals surface area contributed by atoms with Crippen LogP contribution in [-0.2, 0) is 4.79 Å². The fourth-order valence-corrected chi connectivity index (χ4v) is 2.93. The predicted molar refractivity (Wildman–Crippen MR) is 72.7 cm³/mol. The molecule has 3 N–H and O–H groups in total. The van der Waals surface area contributed by atoms with E-state index in [-0.39, 0.29) is 5.91 Å². The molecule has 0 aromatic heterocycles. The Balaban J connectivity index is 1.87. The van der Waals surface area contributed by atoms with Gasteiger partial charge in [-0.05, 0) is 25.7 Å². The van der Waals surface area contributed by atoms with Crippen molar-refractivity contribution >= 4 is 23.1 Å². The molecule has 0 unspecified atom stereocenters. The highest BCUT2D eigenvalue weighted by molar-refractivity contribution is 7.80. The van der Waals surface area contributed by atoms with Gasteiger partial charge in [-0.25, -0.2) is 0 Å². The number of nitrogens with two attached hydrogens (primary N) is 1. The van der Waals surface area contributed by atoms with Gasteiger partial charge < -0.3 is 11.1 Å². The van der Waals surface area contributed by atoms with Gasteiger partial charge in [-0.2, -0.15) is 0 Å². The van der Waals surface area contributed by atoms with Crippen molar-refractivity contribution in [3.8, 4) is 0 Å². The molecule has 0 atom stereocenters. The van der Waals surface area contributed by atoms with Crippen LogP contribution < -0.4 is 11.1 Å². The minimum Gasteiger partial charge on any atom is -0.392 e. The summed E-state index contributed by atoms with van der Waals surface area (Å²) in [6.45, 7) is 0. The molecule has 96 valence electrons. The number of rotatable bonds is 3. The second kappa shape index (κ2) is 5.34. The maximum absolute atomic E-state index is 12.2. The van der Waals surface area contributed by atoms with E-state index in [9.17, 15) is 4.79 Å². The number of hydrogen-bond acceptors (Lipinski definition) is 2. The Labute approximate surface area is 109 Å². The standard InChI is InChI=1S/C13H22N2OS/c14-11(17)13(8-9-13)12(16)15-10-6-4-2-1-3-5-7-10/h10H,1-9H2,(H2,14,17)(H,15,16). The van der Waals surface area contributed by atoms with Crippen molar-refractivity contribution in [3.63, 3.8) is 0 Å². The Hall–Kier alpha value is -0.640. The van der Waals surface area contributed by atoms with Gasteiger partial charge in [0.1, 0.15) is 0 Å². The molecule has 2 saturated carbocycles. The maximum atomic E-state index is 12.2. The zero-order valence-corrected chi connectivity index (χ0v) is 11.2. The first kappa shape index (κ1) is 12.8. The molecule has 4 heteroatoms. The molecule has 0 bridgehead atoms. The van der Waals surface area contributed by atoms with Crippen LogP contribution in [-0.4, -0.2) is 16.9 Å². The summed E-state index contributed by atoms with van der Waals surface area (Å²) in [6.07, 6.45) is 10.3. The van der Waals surface area contributed by atoms with Crippen LogP contribution in [0.5, 0.6) is 0 Å². The topological polar surface area (TPSA) is 55.1 Å². The molecule has 1 amide bonds. The monoisotopic (exact) mass is 254 g/mol. The minimum atomic E-state index is -0.488. The maximum Gasteiger partial charge on any atom is 0.233 e. The van der Waals surface area contributed by atoms with Crippen LogP contribution >= 0.6 is 12.2 Å². The minimum absolute atomic E-state index is 0.0792. The van der Waals surface area contributed by atoms with Gasteiger partial charge in [0.2, 0.25) is 5.91 Å². The number of amides is 1. The second-order valence-corrected chi connectivity index (χ2v) is 5.90. The van der Waals surface area contributed by atoms with Crippen molar-refractivity contribution in [2.45, 2.75) is 63.8 Å². The first-order valence-corrected chi connectivity index (χ1v) is 7.17.